The fraction of sp³-hybridized carbons (Fsp3) is 0.500. The Hall–Kier alpha value is -3.71. The average molecular weight is 405 g/mol. The summed E-state index contributed by atoms with van der Waals surface area (Å²) in [6.45, 7) is 0.993. The SMILES string of the molecule is CC(=O)N[C@@H](CC(=O)O)C(=O)N[C@@H](CC(=O)O)C(=O)N[C@@H](CC(=O)O)C(=O)O. The van der Waals surface area contributed by atoms with Crippen LogP contribution in [0.25, 0.3) is 0 Å². The van der Waals surface area contributed by atoms with E-state index in [0.717, 1.165) is 6.92 Å². The van der Waals surface area contributed by atoms with E-state index in [4.69, 9.17) is 20.4 Å². The molecule has 0 fully saturated rings. The number of amides is 3. The summed E-state index contributed by atoms with van der Waals surface area (Å²) < 4.78 is 0. The first-order valence-electron chi connectivity index (χ1n) is 7.59. The van der Waals surface area contributed by atoms with Crippen molar-refractivity contribution in [2.24, 2.45) is 0 Å². The predicted molar refractivity (Wildman–Crippen MR) is 85.9 cm³/mol. The third-order valence-corrected chi connectivity index (χ3v) is 3.08. The van der Waals surface area contributed by atoms with E-state index in [0.29, 0.717) is 0 Å². The summed E-state index contributed by atoms with van der Waals surface area (Å²) in [6.07, 6.45) is -2.90. The van der Waals surface area contributed by atoms with E-state index in [2.05, 4.69) is 0 Å². The summed E-state index contributed by atoms with van der Waals surface area (Å²) in [7, 11) is 0. The minimum atomic E-state index is -1.90. The third kappa shape index (κ3) is 9.69. The molecule has 0 aromatic heterocycles. The van der Waals surface area contributed by atoms with Crippen LogP contribution in [0.2, 0.25) is 0 Å². The monoisotopic (exact) mass is 405 g/mol. The topological polar surface area (TPSA) is 236 Å². The largest absolute Gasteiger partial charge is 0.481 e. The lowest BCUT2D eigenvalue weighted by molar-refractivity contribution is -0.148. The third-order valence-electron chi connectivity index (χ3n) is 3.08. The smallest absolute Gasteiger partial charge is 0.326 e. The zero-order valence-electron chi connectivity index (χ0n) is 14.5. The zero-order chi connectivity index (χ0) is 22.0. The van der Waals surface area contributed by atoms with E-state index in [1.807, 2.05) is 10.6 Å². The number of carboxylic acids is 4. The molecule has 0 aromatic carbocycles. The molecule has 0 aliphatic carbocycles. The number of nitrogens with one attached hydrogen (secondary N) is 3. The fourth-order valence-electron chi connectivity index (χ4n) is 1.93. The van der Waals surface area contributed by atoms with Crippen LogP contribution in [0.4, 0.5) is 0 Å². The van der Waals surface area contributed by atoms with Crippen LogP contribution in [0, 0.1) is 0 Å². The Morgan fingerprint density at radius 3 is 1.25 bits per heavy atom. The summed E-state index contributed by atoms with van der Waals surface area (Å²) in [5.41, 5.74) is 0. The molecule has 0 unspecified atom stereocenters. The van der Waals surface area contributed by atoms with Crippen LogP contribution in [0.15, 0.2) is 0 Å². The van der Waals surface area contributed by atoms with Gasteiger partial charge < -0.3 is 36.4 Å². The maximum absolute atomic E-state index is 12.1. The van der Waals surface area contributed by atoms with Crippen molar-refractivity contribution >= 4 is 41.6 Å². The second-order valence-electron chi connectivity index (χ2n) is 5.51. The van der Waals surface area contributed by atoms with Crippen molar-refractivity contribution < 1.29 is 54.0 Å². The Morgan fingerprint density at radius 2 is 0.929 bits per heavy atom. The molecule has 0 saturated heterocycles. The lowest BCUT2D eigenvalue weighted by atomic mass is 10.1. The summed E-state index contributed by atoms with van der Waals surface area (Å²) >= 11 is 0. The number of carbonyl (C=O) groups is 7. The van der Waals surface area contributed by atoms with Crippen molar-refractivity contribution in [2.45, 2.75) is 44.3 Å². The van der Waals surface area contributed by atoms with Crippen molar-refractivity contribution in [3.63, 3.8) is 0 Å². The Bertz CT molecular complexity index is 659. The molecule has 156 valence electrons. The maximum atomic E-state index is 12.1. The van der Waals surface area contributed by atoms with Gasteiger partial charge in [-0.25, -0.2) is 4.79 Å². The molecule has 0 aliphatic heterocycles. The number of aliphatic carboxylic acids is 4. The molecule has 7 N–H and O–H groups in total. The second kappa shape index (κ2) is 11.1. The number of carbonyl (C=O) groups excluding carboxylic acids is 3. The highest BCUT2D eigenvalue weighted by Crippen LogP contribution is 2.01. The van der Waals surface area contributed by atoms with Crippen molar-refractivity contribution in [1.82, 2.24) is 16.0 Å². The molecule has 0 aromatic rings. The quantitative estimate of drug-likeness (QED) is 0.172. The van der Waals surface area contributed by atoms with Gasteiger partial charge in [0.15, 0.2) is 0 Å². The number of carboxylic acid groups (broad SMARTS) is 4. The molecule has 3 atom stereocenters. The van der Waals surface area contributed by atoms with Crippen LogP contribution in [0.5, 0.6) is 0 Å². The van der Waals surface area contributed by atoms with E-state index < -0.39 is 79.0 Å². The number of rotatable bonds is 12. The lowest BCUT2D eigenvalue weighted by Crippen LogP contribution is -2.56. The van der Waals surface area contributed by atoms with Gasteiger partial charge in [-0.15, -0.1) is 0 Å². The molecule has 28 heavy (non-hydrogen) atoms. The molecule has 0 heterocycles. The molecule has 0 saturated carbocycles. The van der Waals surface area contributed by atoms with Gasteiger partial charge in [0.05, 0.1) is 19.3 Å². The van der Waals surface area contributed by atoms with Gasteiger partial charge in [0.2, 0.25) is 17.7 Å². The summed E-state index contributed by atoms with van der Waals surface area (Å²) in [4.78, 5) is 78.7. The van der Waals surface area contributed by atoms with Crippen LogP contribution in [-0.2, 0) is 33.6 Å². The Labute approximate surface area is 156 Å². The molecule has 0 aliphatic rings. The Kier molecular flexibility index (Phi) is 9.63. The molecule has 0 radical (unpaired) electrons. The van der Waals surface area contributed by atoms with Gasteiger partial charge in [-0.2, -0.15) is 0 Å². The fourth-order valence-corrected chi connectivity index (χ4v) is 1.93. The molecular weight excluding hydrogens is 386 g/mol. The first kappa shape index (κ1) is 24.3. The van der Waals surface area contributed by atoms with Gasteiger partial charge in [-0.05, 0) is 0 Å². The summed E-state index contributed by atoms with van der Waals surface area (Å²) in [5, 5.41) is 40.9. The highest BCUT2D eigenvalue weighted by Gasteiger charge is 2.32. The first-order chi connectivity index (χ1) is 12.8. The molecule has 0 bridgehead atoms. The number of hydrogen-bond donors (Lipinski definition) is 7. The predicted octanol–water partition coefficient (Wildman–Crippen LogP) is -3.03. The van der Waals surface area contributed by atoms with Gasteiger partial charge in [0.25, 0.3) is 0 Å². The number of hydrogen-bond acceptors (Lipinski definition) is 7. The van der Waals surface area contributed by atoms with E-state index in [1.165, 1.54) is 0 Å². The average Bonchev–Trinajstić information content (AvgIpc) is 2.50. The normalized spacial score (nSPS) is 13.3. The van der Waals surface area contributed by atoms with Crippen molar-refractivity contribution in [3.8, 4) is 0 Å². The van der Waals surface area contributed by atoms with E-state index >= 15 is 0 Å². The lowest BCUT2D eigenvalue weighted by Gasteiger charge is -2.22. The van der Waals surface area contributed by atoms with E-state index in [-0.39, 0.29) is 0 Å². The van der Waals surface area contributed by atoms with Crippen LogP contribution in [-0.4, -0.2) is 80.2 Å². The van der Waals surface area contributed by atoms with Crippen molar-refractivity contribution in [1.29, 1.82) is 0 Å². The molecule has 3 amide bonds. The van der Waals surface area contributed by atoms with Gasteiger partial charge >= 0.3 is 23.9 Å². The molecule has 0 rings (SSSR count). The van der Waals surface area contributed by atoms with E-state index in [1.54, 1.807) is 5.32 Å². The van der Waals surface area contributed by atoms with Gasteiger partial charge in [-0.3, -0.25) is 28.8 Å². The van der Waals surface area contributed by atoms with Crippen molar-refractivity contribution in [3.05, 3.63) is 0 Å². The molecule has 0 spiro atoms. The maximum Gasteiger partial charge on any atom is 0.326 e. The van der Waals surface area contributed by atoms with Crippen LogP contribution in [0.1, 0.15) is 26.2 Å². The second-order valence-corrected chi connectivity index (χ2v) is 5.51. The first-order valence-corrected chi connectivity index (χ1v) is 7.59. The van der Waals surface area contributed by atoms with Crippen molar-refractivity contribution in [2.75, 3.05) is 0 Å². The summed E-state index contributed by atoms with van der Waals surface area (Å²) in [6, 6.07) is -5.39. The highest BCUT2D eigenvalue weighted by molar-refractivity contribution is 5.96. The minimum Gasteiger partial charge on any atom is -0.481 e. The molecule has 14 heteroatoms. The Balaban J connectivity index is 5.39. The Morgan fingerprint density at radius 1 is 0.607 bits per heavy atom. The van der Waals surface area contributed by atoms with Crippen LogP contribution < -0.4 is 16.0 Å². The van der Waals surface area contributed by atoms with Gasteiger partial charge in [0.1, 0.15) is 18.1 Å². The van der Waals surface area contributed by atoms with Crippen LogP contribution in [0.3, 0.4) is 0 Å². The molecule has 14 nitrogen and oxygen atoms in total. The summed E-state index contributed by atoms with van der Waals surface area (Å²) in [5.74, 6) is -9.60. The van der Waals surface area contributed by atoms with Gasteiger partial charge in [-0.1, -0.05) is 0 Å². The minimum absolute atomic E-state index is 0.770. The molecular formula is C14H19N3O11. The van der Waals surface area contributed by atoms with Crippen LogP contribution >= 0.6 is 0 Å². The van der Waals surface area contributed by atoms with E-state index in [9.17, 15) is 33.6 Å². The standard InChI is InChI=1S/C14H19N3O11/c1-5(18)15-6(2-9(19)20)12(25)16-7(3-10(21)22)13(26)17-8(14(27)28)4-11(23)24/h6-8H,2-4H2,1H3,(H,15,18)(H,16,25)(H,17,26)(H,19,20)(H,21,22)(H,23,24)(H,27,28)/t6-,7-,8-/m0/s1. The zero-order valence-corrected chi connectivity index (χ0v) is 14.5. The van der Waals surface area contributed by atoms with Gasteiger partial charge in [0, 0.05) is 6.92 Å². The highest BCUT2D eigenvalue weighted by atomic mass is 16.4.